The van der Waals surface area contributed by atoms with Gasteiger partial charge in [-0.3, -0.25) is 0 Å². The smallest absolute Gasteiger partial charge is 0.319 e. The number of carbonyl (C=O) groups excluding carboxylic acids is 2. The third-order valence-electron chi connectivity index (χ3n) is 5.40. The van der Waals surface area contributed by atoms with Gasteiger partial charge < -0.3 is 21.3 Å². The molecule has 0 bridgehead atoms. The first kappa shape index (κ1) is 20.7. The normalized spacial score (nSPS) is 21.1. The standard InChI is InChI=1S/C23H30N4O2/c1-15-6-4-8-18(12-15)24-22(28)26-20-11-10-17(3)21(14-20)27-23(29)25-19-9-5-7-16(2)13-19/h4-9,12-13,17,20-21H,10-11,14H2,1-3H3,(H2,24,26,28)(H2,25,27,29). The van der Waals surface area contributed by atoms with Crippen LogP contribution in [0.4, 0.5) is 21.0 Å². The van der Waals surface area contributed by atoms with Gasteiger partial charge in [0.15, 0.2) is 0 Å². The van der Waals surface area contributed by atoms with Crippen LogP contribution < -0.4 is 21.3 Å². The minimum Gasteiger partial charge on any atom is -0.335 e. The molecule has 154 valence electrons. The molecule has 4 amide bonds. The molecule has 29 heavy (non-hydrogen) atoms. The van der Waals surface area contributed by atoms with Crippen LogP contribution in [0.25, 0.3) is 0 Å². The second-order valence-corrected chi connectivity index (χ2v) is 8.03. The van der Waals surface area contributed by atoms with Crippen molar-refractivity contribution < 1.29 is 9.59 Å². The van der Waals surface area contributed by atoms with Gasteiger partial charge in [-0.15, -0.1) is 0 Å². The summed E-state index contributed by atoms with van der Waals surface area (Å²) in [7, 11) is 0. The van der Waals surface area contributed by atoms with E-state index in [-0.39, 0.29) is 24.1 Å². The highest BCUT2D eigenvalue weighted by Gasteiger charge is 2.29. The first-order valence-corrected chi connectivity index (χ1v) is 10.2. The van der Waals surface area contributed by atoms with E-state index in [2.05, 4.69) is 28.2 Å². The summed E-state index contributed by atoms with van der Waals surface area (Å²) in [5, 5.41) is 11.9. The maximum Gasteiger partial charge on any atom is 0.319 e. The third kappa shape index (κ3) is 6.24. The summed E-state index contributed by atoms with van der Waals surface area (Å²) < 4.78 is 0. The van der Waals surface area contributed by atoms with Crippen molar-refractivity contribution in [3.05, 3.63) is 59.7 Å². The number of hydrogen-bond acceptors (Lipinski definition) is 2. The van der Waals surface area contributed by atoms with Crippen LogP contribution in [-0.4, -0.2) is 24.1 Å². The van der Waals surface area contributed by atoms with Crippen LogP contribution in [0.1, 0.15) is 37.3 Å². The molecule has 0 spiro atoms. The Kier molecular flexibility index (Phi) is 6.75. The predicted octanol–water partition coefficient (Wildman–Crippen LogP) is 4.80. The van der Waals surface area contributed by atoms with E-state index in [1.807, 2.05) is 62.4 Å². The quantitative estimate of drug-likeness (QED) is 0.600. The highest BCUT2D eigenvalue weighted by atomic mass is 16.2. The zero-order valence-corrected chi connectivity index (χ0v) is 17.3. The van der Waals surface area contributed by atoms with Crippen LogP contribution in [0.15, 0.2) is 48.5 Å². The van der Waals surface area contributed by atoms with Gasteiger partial charge in [0.05, 0.1) is 0 Å². The van der Waals surface area contributed by atoms with Gasteiger partial charge in [-0.2, -0.15) is 0 Å². The molecule has 2 aromatic carbocycles. The Hall–Kier alpha value is -3.02. The molecule has 1 saturated carbocycles. The van der Waals surface area contributed by atoms with Crippen molar-refractivity contribution in [1.82, 2.24) is 10.6 Å². The van der Waals surface area contributed by atoms with Crippen molar-refractivity contribution in [3.8, 4) is 0 Å². The topological polar surface area (TPSA) is 82.3 Å². The Balaban J connectivity index is 1.51. The van der Waals surface area contributed by atoms with Gasteiger partial charge in [0.25, 0.3) is 0 Å². The molecular formula is C23H30N4O2. The Labute approximate surface area is 172 Å². The van der Waals surface area contributed by atoms with E-state index < -0.39 is 0 Å². The summed E-state index contributed by atoms with van der Waals surface area (Å²) in [5.41, 5.74) is 3.74. The number of carbonyl (C=O) groups is 2. The Bertz CT molecular complexity index is 867. The molecule has 0 heterocycles. The number of hydrogen-bond donors (Lipinski definition) is 4. The van der Waals surface area contributed by atoms with Crippen LogP contribution in [0.5, 0.6) is 0 Å². The van der Waals surface area contributed by atoms with Crippen molar-refractivity contribution in [1.29, 1.82) is 0 Å². The minimum absolute atomic E-state index is 0.0119. The summed E-state index contributed by atoms with van der Waals surface area (Å²) in [6.07, 6.45) is 2.56. The van der Waals surface area contributed by atoms with Gasteiger partial charge in [0.1, 0.15) is 0 Å². The Morgan fingerprint density at radius 3 is 1.93 bits per heavy atom. The predicted molar refractivity (Wildman–Crippen MR) is 117 cm³/mol. The summed E-state index contributed by atoms with van der Waals surface area (Å²) in [4.78, 5) is 24.8. The average Bonchev–Trinajstić information content (AvgIpc) is 2.64. The van der Waals surface area contributed by atoms with E-state index in [4.69, 9.17) is 0 Å². The lowest BCUT2D eigenvalue weighted by Crippen LogP contribution is -2.50. The fourth-order valence-electron chi connectivity index (χ4n) is 3.79. The molecule has 0 radical (unpaired) electrons. The first-order valence-electron chi connectivity index (χ1n) is 10.2. The highest BCUT2D eigenvalue weighted by molar-refractivity contribution is 5.90. The van der Waals surface area contributed by atoms with E-state index in [1.54, 1.807) is 0 Å². The second-order valence-electron chi connectivity index (χ2n) is 8.03. The zero-order valence-electron chi connectivity index (χ0n) is 17.3. The first-order chi connectivity index (χ1) is 13.9. The number of rotatable bonds is 4. The molecular weight excluding hydrogens is 364 g/mol. The summed E-state index contributed by atoms with van der Waals surface area (Å²) in [5.74, 6) is 0.358. The zero-order chi connectivity index (χ0) is 20.8. The molecule has 0 aliphatic heterocycles. The van der Waals surface area contributed by atoms with Crippen molar-refractivity contribution in [2.75, 3.05) is 10.6 Å². The van der Waals surface area contributed by atoms with E-state index in [0.717, 1.165) is 35.3 Å². The Morgan fingerprint density at radius 1 is 0.828 bits per heavy atom. The van der Waals surface area contributed by atoms with Gasteiger partial charge in [-0.05, 0) is 74.4 Å². The monoisotopic (exact) mass is 394 g/mol. The molecule has 3 unspecified atom stereocenters. The molecule has 6 nitrogen and oxygen atoms in total. The highest BCUT2D eigenvalue weighted by Crippen LogP contribution is 2.25. The van der Waals surface area contributed by atoms with Gasteiger partial charge >= 0.3 is 12.1 Å². The third-order valence-corrected chi connectivity index (χ3v) is 5.40. The van der Waals surface area contributed by atoms with Crippen LogP contribution in [-0.2, 0) is 0 Å². The fourth-order valence-corrected chi connectivity index (χ4v) is 3.79. The van der Waals surface area contributed by atoms with E-state index in [9.17, 15) is 9.59 Å². The molecule has 4 N–H and O–H groups in total. The number of amides is 4. The SMILES string of the molecule is Cc1cccc(NC(=O)NC2CCC(C)C(NC(=O)Nc3cccc(C)c3)C2)c1. The number of benzene rings is 2. The van der Waals surface area contributed by atoms with Gasteiger partial charge in [0.2, 0.25) is 0 Å². The molecule has 1 aliphatic rings. The summed E-state index contributed by atoms with van der Waals surface area (Å²) in [6.45, 7) is 6.12. The fraction of sp³-hybridized carbons (Fsp3) is 0.391. The average molecular weight is 395 g/mol. The maximum atomic E-state index is 12.4. The molecule has 0 aromatic heterocycles. The molecule has 1 fully saturated rings. The van der Waals surface area contributed by atoms with E-state index in [1.165, 1.54) is 0 Å². The molecule has 1 aliphatic carbocycles. The number of urea groups is 2. The summed E-state index contributed by atoms with van der Waals surface area (Å²) >= 11 is 0. The number of nitrogens with one attached hydrogen (secondary N) is 4. The molecule has 0 saturated heterocycles. The Morgan fingerprint density at radius 2 is 1.38 bits per heavy atom. The van der Waals surface area contributed by atoms with Crippen molar-refractivity contribution in [2.45, 2.75) is 52.1 Å². The number of aryl methyl sites for hydroxylation is 2. The van der Waals surface area contributed by atoms with Crippen LogP contribution in [0.2, 0.25) is 0 Å². The molecule has 2 aromatic rings. The lowest BCUT2D eigenvalue weighted by Gasteiger charge is -2.35. The van der Waals surface area contributed by atoms with E-state index in [0.29, 0.717) is 12.3 Å². The maximum absolute atomic E-state index is 12.4. The minimum atomic E-state index is -0.211. The van der Waals surface area contributed by atoms with Gasteiger partial charge in [-0.1, -0.05) is 31.2 Å². The largest absolute Gasteiger partial charge is 0.335 e. The van der Waals surface area contributed by atoms with Crippen molar-refractivity contribution in [3.63, 3.8) is 0 Å². The number of anilines is 2. The van der Waals surface area contributed by atoms with Crippen LogP contribution >= 0.6 is 0 Å². The van der Waals surface area contributed by atoms with Crippen molar-refractivity contribution in [2.24, 2.45) is 5.92 Å². The summed E-state index contributed by atoms with van der Waals surface area (Å²) in [6, 6.07) is 15.0. The van der Waals surface area contributed by atoms with E-state index >= 15 is 0 Å². The van der Waals surface area contributed by atoms with Crippen molar-refractivity contribution >= 4 is 23.4 Å². The molecule has 6 heteroatoms. The van der Waals surface area contributed by atoms with Gasteiger partial charge in [0, 0.05) is 23.5 Å². The molecule has 3 atom stereocenters. The van der Waals surface area contributed by atoms with Gasteiger partial charge in [-0.25, -0.2) is 9.59 Å². The molecule has 3 rings (SSSR count). The lowest BCUT2D eigenvalue weighted by molar-refractivity contribution is 0.213. The van der Waals surface area contributed by atoms with Crippen LogP contribution in [0, 0.1) is 19.8 Å². The van der Waals surface area contributed by atoms with Crippen LogP contribution in [0.3, 0.4) is 0 Å². The lowest BCUT2D eigenvalue weighted by atomic mass is 9.83. The second kappa shape index (κ2) is 9.45.